The molecule has 0 aliphatic heterocycles. The van der Waals surface area contributed by atoms with Crippen LogP contribution in [0.25, 0.3) is 5.52 Å². The third kappa shape index (κ3) is 1.10. The Morgan fingerprint density at radius 1 is 1.55 bits per heavy atom. The summed E-state index contributed by atoms with van der Waals surface area (Å²) in [4.78, 5) is 3.98. The van der Waals surface area contributed by atoms with Crippen LogP contribution in [0.15, 0.2) is 18.5 Å². The van der Waals surface area contributed by atoms with Crippen LogP contribution in [0.4, 0.5) is 0 Å². The molecule has 0 aromatic carbocycles. The average molecular weight is 279 g/mol. The lowest BCUT2D eigenvalue weighted by Gasteiger charge is -1.96. The monoisotopic (exact) mass is 279 g/mol. The molecule has 0 saturated carbocycles. The maximum Gasteiger partial charge on any atom is 0.154 e. The van der Waals surface area contributed by atoms with Crippen molar-refractivity contribution in [3.05, 3.63) is 27.3 Å². The molecule has 0 unspecified atom stereocenters. The summed E-state index contributed by atoms with van der Waals surface area (Å²) < 4.78 is 2.70. The molecule has 0 spiro atoms. The zero-order valence-corrected chi connectivity index (χ0v) is 8.24. The SMILES string of the molecule is Clc1ncc(I)n2nccc12. The molecule has 56 valence electrons. The van der Waals surface area contributed by atoms with Crippen LogP contribution in [0.3, 0.4) is 0 Å². The molecule has 2 rings (SSSR count). The van der Waals surface area contributed by atoms with Gasteiger partial charge in [-0.15, -0.1) is 0 Å². The van der Waals surface area contributed by atoms with Crippen LogP contribution in [-0.4, -0.2) is 14.6 Å². The molecule has 0 N–H and O–H groups in total. The van der Waals surface area contributed by atoms with Gasteiger partial charge in [0.15, 0.2) is 5.15 Å². The lowest BCUT2D eigenvalue weighted by molar-refractivity contribution is 0.916. The quantitative estimate of drug-likeness (QED) is 0.690. The number of fused-ring (bicyclic) bond motifs is 1. The highest BCUT2D eigenvalue weighted by atomic mass is 127. The number of hydrogen-bond acceptors (Lipinski definition) is 2. The van der Waals surface area contributed by atoms with Crippen LogP contribution >= 0.6 is 34.2 Å². The Bertz CT molecular complexity index is 362. The van der Waals surface area contributed by atoms with E-state index in [0.717, 1.165) is 9.22 Å². The number of nitrogens with zero attached hydrogens (tertiary/aromatic N) is 3. The Kier molecular flexibility index (Phi) is 1.72. The highest BCUT2D eigenvalue weighted by molar-refractivity contribution is 14.1. The zero-order chi connectivity index (χ0) is 7.84. The van der Waals surface area contributed by atoms with Crippen molar-refractivity contribution >= 4 is 39.7 Å². The lowest BCUT2D eigenvalue weighted by Crippen LogP contribution is -1.94. The fourth-order valence-corrected chi connectivity index (χ4v) is 1.58. The molecular weight excluding hydrogens is 276 g/mol. The molecule has 0 fully saturated rings. The van der Waals surface area contributed by atoms with Crippen LogP contribution in [-0.2, 0) is 0 Å². The molecule has 0 aliphatic carbocycles. The maximum absolute atomic E-state index is 5.80. The number of aromatic nitrogens is 3. The number of rotatable bonds is 0. The summed E-state index contributed by atoms with van der Waals surface area (Å²) in [5.41, 5.74) is 0.846. The Hall–Kier alpha value is -0.360. The standard InChI is InChI=1S/C6H3ClIN3/c7-6-4-1-2-10-11(4)5(8)3-9-6/h1-3H. The minimum atomic E-state index is 0.489. The van der Waals surface area contributed by atoms with E-state index in [1.165, 1.54) is 0 Å². The largest absolute Gasteiger partial charge is 0.240 e. The van der Waals surface area contributed by atoms with E-state index in [4.69, 9.17) is 11.6 Å². The molecule has 0 saturated heterocycles. The number of hydrogen-bond donors (Lipinski definition) is 0. The van der Waals surface area contributed by atoms with Crippen molar-refractivity contribution in [2.75, 3.05) is 0 Å². The molecule has 5 heteroatoms. The molecule has 3 nitrogen and oxygen atoms in total. The Labute approximate surface area is 81.5 Å². The second-order valence-electron chi connectivity index (χ2n) is 2.00. The molecule has 0 atom stereocenters. The van der Waals surface area contributed by atoms with Gasteiger partial charge in [-0.2, -0.15) is 5.10 Å². The normalized spacial score (nSPS) is 10.7. The van der Waals surface area contributed by atoms with E-state index in [2.05, 4.69) is 32.7 Å². The summed E-state index contributed by atoms with van der Waals surface area (Å²) in [7, 11) is 0. The predicted molar refractivity (Wildman–Crippen MR) is 50.7 cm³/mol. The predicted octanol–water partition coefficient (Wildman–Crippen LogP) is 1.99. The Morgan fingerprint density at radius 2 is 2.36 bits per heavy atom. The van der Waals surface area contributed by atoms with Gasteiger partial charge in [0.2, 0.25) is 0 Å². The second kappa shape index (κ2) is 2.60. The van der Waals surface area contributed by atoms with Crippen LogP contribution in [0.5, 0.6) is 0 Å². The summed E-state index contributed by atoms with van der Waals surface area (Å²) in [6.07, 6.45) is 3.38. The van der Waals surface area contributed by atoms with E-state index in [0.29, 0.717) is 5.15 Å². The molecule has 0 radical (unpaired) electrons. The van der Waals surface area contributed by atoms with Crippen molar-refractivity contribution in [2.45, 2.75) is 0 Å². The number of halogens is 2. The summed E-state index contributed by atoms with van der Waals surface area (Å²) in [5, 5.41) is 4.55. The van der Waals surface area contributed by atoms with Crippen molar-refractivity contribution in [1.82, 2.24) is 14.6 Å². The van der Waals surface area contributed by atoms with Crippen LogP contribution in [0, 0.1) is 3.70 Å². The van der Waals surface area contributed by atoms with Gasteiger partial charge in [-0.1, -0.05) is 11.6 Å². The summed E-state index contributed by atoms with van der Waals surface area (Å²) >= 11 is 7.95. The van der Waals surface area contributed by atoms with Gasteiger partial charge in [0.1, 0.15) is 9.22 Å². The van der Waals surface area contributed by atoms with Gasteiger partial charge >= 0.3 is 0 Å². The summed E-state index contributed by atoms with van der Waals surface area (Å²) in [6, 6.07) is 1.83. The summed E-state index contributed by atoms with van der Waals surface area (Å²) in [6.45, 7) is 0. The second-order valence-corrected chi connectivity index (χ2v) is 3.46. The first-order chi connectivity index (χ1) is 5.29. The smallest absolute Gasteiger partial charge is 0.154 e. The molecule has 2 aromatic rings. The van der Waals surface area contributed by atoms with E-state index in [9.17, 15) is 0 Å². The molecule has 0 amide bonds. The molecule has 2 aromatic heterocycles. The zero-order valence-electron chi connectivity index (χ0n) is 5.33. The average Bonchev–Trinajstić information content (AvgIpc) is 2.45. The molecule has 0 bridgehead atoms. The van der Waals surface area contributed by atoms with Crippen molar-refractivity contribution in [3.63, 3.8) is 0 Å². The first-order valence-corrected chi connectivity index (χ1v) is 4.38. The minimum absolute atomic E-state index is 0.489. The Morgan fingerprint density at radius 3 is 3.09 bits per heavy atom. The Balaban J connectivity index is 2.96. The van der Waals surface area contributed by atoms with Gasteiger partial charge in [-0.25, -0.2) is 9.50 Å². The summed E-state index contributed by atoms with van der Waals surface area (Å²) in [5.74, 6) is 0. The van der Waals surface area contributed by atoms with Crippen molar-refractivity contribution in [2.24, 2.45) is 0 Å². The third-order valence-corrected chi connectivity index (χ3v) is 2.37. The topological polar surface area (TPSA) is 30.2 Å². The van der Waals surface area contributed by atoms with Crippen LogP contribution < -0.4 is 0 Å². The highest BCUT2D eigenvalue weighted by Crippen LogP contribution is 2.15. The van der Waals surface area contributed by atoms with Gasteiger partial charge in [-0.3, -0.25) is 0 Å². The molecule has 0 aliphatic rings. The van der Waals surface area contributed by atoms with E-state index < -0.39 is 0 Å². The van der Waals surface area contributed by atoms with E-state index in [-0.39, 0.29) is 0 Å². The van der Waals surface area contributed by atoms with Crippen LogP contribution in [0.2, 0.25) is 5.15 Å². The molecule has 11 heavy (non-hydrogen) atoms. The first kappa shape index (κ1) is 7.30. The maximum atomic E-state index is 5.80. The van der Waals surface area contributed by atoms with Gasteiger partial charge < -0.3 is 0 Å². The fraction of sp³-hybridized carbons (Fsp3) is 0. The van der Waals surface area contributed by atoms with Crippen molar-refractivity contribution < 1.29 is 0 Å². The molecule has 2 heterocycles. The van der Waals surface area contributed by atoms with Crippen LogP contribution in [0.1, 0.15) is 0 Å². The lowest BCUT2D eigenvalue weighted by atomic mass is 10.5. The van der Waals surface area contributed by atoms with E-state index >= 15 is 0 Å². The van der Waals surface area contributed by atoms with E-state index in [1.54, 1.807) is 16.9 Å². The van der Waals surface area contributed by atoms with Gasteiger partial charge in [-0.05, 0) is 28.7 Å². The van der Waals surface area contributed by atoms with Gasteiger partial charge in [0.25, 0.3) is 0 Å². The minimum Gasteiger partial charge on any atom is -0.240 e. The highest BCUT2D eigenvalue weighted by Gasteiger charge is 2.02. The van der Waals surface area contributed by atoms with Gasteiger partial charge in [0, 0.05) is 0 Å². The third-order valence-electron chi connectivity index (χ3n) is 1.34. The first-order valence-electron chi connectivity index (χ1n) is 2.93. The van der Waals surface area contributed by atoms with Crippen molar-refractivity contribution in [3.8, 4) is 0 Å². The van der Waals surface area contributed by atoms with Gasteiger partial charge in [0.05, 0.1) is 12.4 Å². The molecular formula is C6H3ClIN3. The van der Waals surface area contributed by atoms with Crippen molar-refractivity contribution in [1.29, 1.82) is 0 Å². The van der Waals surface area contributed by atoms with E-state index in [1.807, 2.05) is 6.07 Å². The fourth-order valence-electron chi connectivity index (χ4n) is 0.861.